The molecular weight excluding hydrogens is 348 g/mol. The number of fused-ring (bicyclic) bond motifs is 1. The van der Waals surface area contributed by atoms with Crippen LogP contribution in [0.2, 0.25) is 0 Å². The molecule has 0 saturated carbocycles. The van der Waals surface area contributed by atoms with Gasteiger partial charge in [-0.1, -0.05) is 0 Å². The molecule has 0 unspecified atom stereocenters. The number of nitrogens with one attached hydrogen (secondary N) is 1. The van der Waals surface area contributed by atoms with E-state index in [2.05, 4.69) is 5.32 Å². The summed E-state index contributed by atoms with van der Waals surface area (Å²) in [6, 6.07) is 11.3. The minimum atomic E-state index is -0.509. The minimum Gasteiger partial charge on any atom is -0.497 e. The van der Waals surface area contributed by atoms with E-state index in [0.717, 1.165) is 19.5 Å². The lowest BCUT2D eigenvalue weighted by Crippen LogP contribution is -2.26. The Balaban J connectivity index is 1.99. The maximum atomic E-state index is 13.3. The molecule has 8 heteroatoms. The number of hydrogen-bond donors (Lipinski definition) is 1. The lowest BCUT2D eigenvalue weighted by atomic mass is 10.1. The number of ether oxygens (including phenoxy) is 1. The van der Waals surface area contributed by atoms with Gasteiger partial charge in [-0.25, -0.2) is 4.98 Å². The standard InChI is InChI=1S/C19H18N4O4/c1-27-15-5-2-13(3-6-15)22-18(12-8-9-20-11-12)21-17-7-4-14(23(25)26)10-16(17)19(22)24/h2-7,10,12,20H,8-9,11H2,1H3/t12-/m0/s1. The van der Waals surface area contributed by atoms with Crippen LogP contribution in [0.15, 0.2) is 47.3 Å². The molecule has 27 heavy (non-hydrogen) atoms. The molecule has 138 valence electrons. The van der Waals surface area contributed by atoms with Crippen LogP contribution in [0.4, 0.5) is 5.69 Å². The number of nitro benzene ring substituents is 1. The second-order valence-corrected chi connectivity index (χ2v) is 6.46. The number of nitrogens with zero attached hydrogens (tertiary/aromatic N) is 3. The van der Waals surface area contributed by atoms with Crippen molar-refractivity contribution in [3.63, 3.8) is 0 Å². The van der Waals surface area contributed by atoms with E-state index in [1.54, 1.807) is 42.0 Å². The fraction of sp³-hybridized carbons (Fsp3) is 0.263. The molecule has 0 aliphatic carbocycles. The van der Waals surface area contributed by atoms with E-state index in [-0.39, 0.29) is 22.6 Å². The van der Waals surface area contributed by atoms with Crippen LogP contribution in [0, 0.1) is 10.1 Å². The first-order chi connectivity index (χ1) is 13.1. The van der Waals surface area contributed by atoms with Gasteiger partial charge in [0.05, 0.1) is 28.6 Å². The average molecular weight is 366 g/mol. The van der Waals surface area contributed by atoms with Crippen molar-refractivity contribution >= 4 is 16.6 Å². The lowest BCUT2D eigenvalue weighted by molar-refractivity contribution is -0.384. The predicted octanol–water partition coefficient (Wildman–Crippen LogP) is 2.38. The molecule has 1 aliphatic heterocycles. The molecule has 1 saturated heterocycles. The Kier molecular flexibility index (Phi) is 4.33. The van der Waals surface area contributed by atoms with E-state index >= 15 is 0 Å². The SMILES string of the molecule is COc1ccc(-n2c([C@H]3CCNC3)nc3ccc([N+](=O)[O-])cc3c2=O)cc1. The topological polar surface area (TPSA) is 99.3 Å². The van der Waals surface area contributed by atoms with Crippen LogP contribution in [0.25, 0.3) is 16.6 Å². The number of benzene rings is 2. The highest BCUT2D eigenvalue weighted by molar-refractivity contribution is 5.80. The molecule has 1 aromatic heterocycles. The summed E-state index contributed by atoms with van der Waals surface area (Å²) in [5, 5.41) is 14.6. The zero-order valence-corrected chi connectivity index (χ0v) is 14.7. The second kappa shape index (κ2) is 6.81. The molecule has 1 atom stereocenters. The number of aromatic nitrogens is 2. The molecule has 0 bridgehead atoms. The van der Waals surface area contributed by atoms with E-state index in [4.69, 9.17) is 9.72 Å². The van der Waals surface area contributed by atoms with Gasteiger partial charge < -0.3 is 10.1 Å². The monoisotopic (exact) mass is 366 g/mol. The highest BCUT2D eigenvalue weighted by Crippen LogP contribution is 2.26. The summed E-state index contributed by atoms with van der Waals surface area (Å²) < 4.78 is 6.75. The van der Waals surface area contributed by atoms with Crippen LogP contribution < -0.4 is 15.6 Å². The number of hydrogen-bond acceptors (Lipinski definition) is 6. The van der Waals surface area contributed by atoms with Crippen LogP contribution in [0.5, 0.6) is 5.75 Å². The summed E-state index contributed by atoms with van der Waals surface area (Å²) in [5.41, 5.74) is 0.689. The fourth-order valence-electron chi connectivity index (χ4n) is 3.43. The zero-order chi connectivity index (χ0) is 19.0. The molecule has 1 fully saturated rings. The van der Waals surface area contributed by atoms with Crippen LogP contribution in [0.1, 0.15) is 18.2 Å². The van der Waals surface area contributed by atoms with Crippen molar-refractivity contribution in [2.75, 3.05) is 20.2 Å². The summed E-state index contributed by atoms with van der Waals surface area (Å²) in [5.74, 6) is 1.44. The van der Waals surface area contributed by atoms with Gasteiger partial charge in [0.25, 0.3) is 11.2 Å². The van der Waals surface area contributed by atoms with Crippen molar-refractivity contribution in [2.24, 2.45) is 0 Å². The molecule has 2 heterocycles. The Morgan fingerprint density at radius 1 is 1.26 bits per heavy atom. The molecule has 3 aromatic rings. The van der Waals surface area contributed by atoms with Crippen LogP contribution in [-0.2, 0) is 0 Å². The van der Waals surface area contributed by atoms with Crippen LogP contribution >= 0.6 is 0 Å². The predicted molar refractivity (Wildman–Crippen MR) is 101 cm³/mol. The highest BCUT2D eigenvalue weighted by atomic mass is 16.6. The average Bonchev–Trinajstić information content (AvgIpc) is 3.22. The molecule has 2 aromatic carbocycles. The van der Waals surface area contributed by atoms with Crippen molar-refractivity contribution < 1.29 is 9.66 Å². The fourth-order valence-corrected chi connectivity index (χ4v) is 3.43. The highest BCUT2D eigenvalue weighted by Gasteiger charge is 2.24. The summed E-state index contributed by atoms with van der Waals surface area (Å²) >= 11 is 0. The summed E-state index contributed by atoms with van der Waals surface area (Å²) in [6.07, 6.45) is 0.876. The van der Waals surface area contributed by atoms with Crippen molar-refractivity contribution in [1.29, 1.82) is 0 Å². The van der Waals surface area contributed by atoms with Gasteiger partial charge in [0, 0.05) is 24.6 Å². The summed E-state index contributed by atoms with van der Waals surface area (Å²) in [4.78, 5) is 28.6. The van der Waals surface area contributed by atoms with Gasteiger partial charge in [-0.2, -0.15) is 0 Å². The van der Waals surface area contributed by atoms with Gasteiger partial charge in [0.15, 0.2) is 0 Å². The maximum absolute atomic E-state index is 13.3. The van der Waals surface area contributed by atoms with Crippen LogP contribution in [-0.4, -0.2) is 34.7 Å². The Morgan fingerprint density at radius 3 is 2.67 bits per heavy atom. The summed E-state index contributed by atoms with van der Waals surface area (Å²) in [6.45, 7) is 1.60. The van der Waals surface area contributed by atoms with Crippen molar-refractivity contribution in [3.8, 4) is 11.4 Å². The molecule has 0 spiro atoms. The number of non-ortho nitro benzene ring substituents is 1. The van der Waals surface area contributed by atoms with Crippen LogP contribution in [0.3, 0.4) is 0 Å². The quantitative estimate of drug-likeness (QED) is 0.562. The molecule has 1 aliphatic rings. The molecule has 8 nitrogen and oxygen atoms in total. The lowest BCUT2D eigenvalue weighted by Gasteiger charge is -2.17. The number of methoxy groups -OCH3 is 1. The number of rotatable bonds is 4. The Morgan fingerprint density at radius 2 is 2.04 bits per heavy atom. The van der Waals surface area contributed by atoms with E-state index < -0.39 is 4.92 Å². The molecule has 1 N–H and O–H groups in total. The van der Waals surface area contributed by atoms with Gasteiger partial charge in [-0.15, -0.1) is 0 Å². The second-order valence-electron chi connectivity index (χ2n) is 6.46. The van der Waals surface area contributed by atoms with Gasteiger partial charge in [-0.3, -0.25) is 19.5 Å². The molecular formula is C19H18N4O4. The zero-order valence-electron chi connectivity index (χ0n) is 14.7. The number of nitro groups is 1. The van der Waals surface area contributed by atoms with E-state index in [1.165, 1.54) is 12.1 Å². The summed E-state index contributed by atoms with van der Waals surface area (Å²) in [7, 11) is 1.58. The molecule has 4 rings (SSSR count). The van der Waals surface area contributed by atoms with Gasteiger partial charge in [0.1, 0.15) is 11.6 Å². The Hall–Kier alpha value is -3.26. The van der Waals surface area contributed by atoms with E-state index in [9.17, 15) is 14.9 Å². The van der Waals surface area contributed by atoms with Crippen molar-refractivity contribution in [3.05, 3.63) is 68.8 Å². The van der Waals surface area contributed by atoms with Gasteiger partial charge in [-0.05, 0) is 43.3 Å². The van der Waals surface area contributed by atoms with Gasteiger partial charge >= 0.3 is 0 Å². The Bertz CT molecular complexity index is 1070. The molecule has 0 amide bonds. The third kappa shape index (κ3) is 3.04. The Labute approximate surface area is 154 Å². The minimum absolute atomic E-state index is 0.0967. The van der Waals surface area contributed by atoms with E-state index in [0.29, 0.717) is 22.8 Å². The maximum Gasteiger partial charge on any atom is 0.270 e. The van der Waals surface area contributed by atoms with Gasteiger partial charge in [0.2, 0.25) is 0 Å². The third-order valence-electron chi connectivity index (χ3n) is 4.84. The molecule has 0 radical (unpaired) electrons. The van der Waals surface area contributed by atoms with Crippen molar-refractivity contribution in [1.82, 2.24) is 14.9 Å². The van der Waals surface area contributed by atoms with E-state index in [1.807, 2.05) is 0 Å². The first kappa shape index (κ1) is 17.2. The largest absolute Gasteiger partial charge is 0.497 e. The smallest absolute Gasteiger partial charge is 0.270 e. The normalized spacial score (nSPS) is 16.6. The first-order valence-corrected chi connectivity index (χ1v) is 8.64. The van der Waals surface area contributed by atoms with Crippen molar-refractivity contribution in [2.45, 2.75) is 12.3 Å². The third-order valence-corrected chi connectivity index (χ3v) is 4.84. The first-order valence-electron chi connectivity index (χ1n) is 8.64.